The number of hydrogen-bond donors (Lipinski definition) is 1. The quantitative estimate of drug-likeness (QED) is 0.180. The Labute approximate surface area is 381 Å². The maximum Gasteiger partial charge on any atom is 0.211 e. The first kappa shape index (κ1) is 39.5. The van der Waals surface area contributed by atoms with Crippen molar-refractivity contribution >= 4 is 94.1 Å². The van der Waals surface area contributed by atoms with E-state index in [2.05, 4.69) is 207 Å². The number of aromatic nitrogens is 1. The van der Waals surface area contributed by atoms with Gasteiger partial charge in [0.15, 0.2) is 0 Å². The molecule has 316 valence electrons. The summed E-state index contributed by atoms with van der Waals surface area (Å²) in [5, 5.41) is 10.2. The molecule has 0 saturated heterocycles. The number of nitrogens with one attached hydrogen (secondary N) is 1. The van der Waals surface area contributed by atoms with Crippen LogP contribution in [0, 0.1) is 0 Å². The lowest BCUT2D eigenvalue weighted by Crippen LogP contribution is -2.35. The van der Waals surface area contributed by atoms with Crippen molar-refractivity contribution in [3.63, 3.8) is 0 Å². The maximum atomic E-state index is 6.61. The van der Waals surface area contributed by atoms with Crippen LogP contribution in [0.4, 0.5) is 11.4 Å². The molecule has 0 spiro atoms. The summed E-state index contributed by atoms with van der Waals surface area (Å²) in [7, 11) is 0.858. The monoisotopic (exact) mass is 850 g/mol. The second-order valence-corrected chi connectivity index (χ2v) is 23.5. The summed E-state index contributed by atoms with van der Waals surface area (Å²) >= 11 is 1.95. The van der Waals surface area contributed by atoms with Gasteiger partial charge in [0.25, 0.3) is 0 Å². The number of hydrogen-bond acceptors (Lipinski definition) is 3. The van der Waals surface area contributed by atoms with Crippen LogP contribution in [0.1, 0.15) is 104 Å². The molecule has 3 nitrogen and oxygen atoms in total. The van der Waals surface area contributed by atoms with E-state index in [1.54, 1.807) is 0 Å². The zero-order chi connectivity index (χ0) is 44.4. The number of anilines is 2. The van der Waals surface area contributed by atoms with Crippen LogP contribution in [0.2, 0.25) is 0 Å². The second-order valence-electron chi connectivity index (χ2n) is 22.3. The lowest BCUT2D eigenvalue weighted by atomic mass is 9.63. The van der Waals surface area contributed by atoms with Crippen LogP contribution in [0.5, 0.6) is 0 Å². The van der Waals surface area contributed by atoms with E-state index in [4.69, 9.17) is 4.42 Å². The van der Waals surface area contributed by atoms with Gasteiger partial charge in [-0.1, -0.05) is 143 Å². The normalized spacial score (nSPS) is 14.4. The van der Waals surface area contributed by atoms with Crippen molar-refractivity contribution in [3.05, 3.63) is 149 Å². The minimum atomic E-state index is -0.177. The third kappa shape index (κ3) is 5.72. The number of benzene rings is 7. The van der Waals surface area contributed by atoms with Gasteiger partial charge in [0.1, 0.15) is 11.2 Å². The molecule has 3 aromatic heterocycles. The molecule has 1 aliphatic carbocycles. The molecule has 7 aromatic carbocycles. The Morgan fingerprint density at radius 3 is 1.97 bits per heavy atom. The molecule has 1 aliphatic heterocycles. The highest BCUT2D eigenvalue weighted by atomic mass is 32.1. The van der Waals surface area contributed by atoms with E-state index in [1.165, 1.54) is 97.9 Å². The lowest BCUT2D eigenvalue weighted by molar-refractivity contribution is 0.584. The average molecular weight is 851 g/mol. The molecule has 64 heavy (non-hydrogen) atoms. The molecule has 0 radical (unpaired) electrons. The van der Waals surface area contributed by atoms with Gasteiger partial charge in [-0.2, -0.15) is 0 Å². The van der Waals surface area contributed by atoms with Crippen LogP contribution in [0.25, 0.3) is 81.8 Å². The van der Waals surface area contributed by atoms with Crippen LogP contribution in [0.3, 0.4) is 0 Å². The largest absolute Gasteiger partial charge is 0.456 e. The first-order valence-corrected chi connectivity index (χ1v) is 23.9. The highest BCUT2D eigenvalue weighted by Crippen LogP contribution is 2.53. The summed E-state index contributed by atoms with van der Waals surface area (Å²) in [5.74, 6) is 0. The first-order chi connectivity index (χ1) is 30.3. The Morgan fingerprint density at radius 1 is 0.547 bits per heavy atom. The van der Waals surface area contributed by atoms with Crippen molar-refractivity contribution in [3.8, 4) is 27.9 Å². The molecule has 0 amide bonds. The Balaban J connectivity index is 1.15. The van der Waals surface area contributed by atoms with E-state index in [-0.39, 0.29) is 21.7 Å². The van der Waals surface area contributed by atoms with Crippen LogP contribution in [-0.2, 0) is 21.7 Å². The third-order valence-electron chi connectivity index (χ3n) is 14.7. The summed E-state index contributed by atoms with van der Waals surface area (Å²) in [6.45, 7) is 25.6. The van der Waals surface area contributed by atoms with E-state index in [0.717, 1.165) is 40.6 Å². The van der Waals surface area contributed by atoms with Gasteiger partial charge in [0.05, 0.1) is 11.2 Å². The molecule has 10 aromatic rings. The lowest BCUT2D eigenvalue weighted by Gasteiger charge is -2.26. The zero-order valence-electron chi connectivity index (χ0n) is 39.0. The molecule has 0 fully saturated rings. The number of rotatable bonds is 3. The number of thiophene rings is 1. The molecule has 12 rings (SSSR count). The van der Waals surface area contributed by atoms with E-state index in [9.17, 15) is 0 Å². The number of furan rings is 1. The van der Waals surface area contributed by atoms with E-state index >= 15 is 0 Å². The fraction of sp³-hybridized carbons (Fsp3) is 0.254. The number of nitrogens with zero attached hydrogens (tertiary/aromatic N) is 1. The molecular weight excluding hydrogens is 796 g/mol. The Morgan fingerprint density at radius 2 is 1.22 bits per heavy atom. The van der Waals surface area contributed by atoms with Gasteiger partial charge in [-0.25, -0.2) is 0 Å². The number of fused-ring (bicyclic) bond motifs is 13. The highest BCUT2D eigenvalue weighted by Gasteiger charge is 2.38. The Kier molecular flexibility index (Phi) is 8.06. The van der Waals surface area contributed by atoms with Crippen LogP contribution in [-0.4, -0.2) is 11.8 Å². The van der Waals surface area contributed by atoms with Gasteiger partial charge in [-0.05, 0) is 120 Å². The minimum Gasteiger partial charge on any atom is -0.456 e. The van der Waals surface area contributed by atoms with Crippen LogP contribution in [0.15, 0.2) is 126 Å². The average Bonchev–Trinajstić information content (AvgIpc) is 3.95. The molecular formula is C59H55BN2OS. The second kappa shape index (κ2) is 13.0. The smallest absolute Gasteiger partial charge is 0.211 e. The molecule has 2 aliphatic rings. The Bertz CT molecular complexity index is 3630. The van der Waals surface area contributed by atoms with Gasteiger partial charge in [-0.3, -0.25) is 0 Å². The van der Waals surface area contributed by atoms with Crippen molar-refractivity contribution in [2.45, 2.75) is 97.8 Å². The summed E-state index contributed by atoms with van der Waals surface area (Å²) in [6.07, 6.45) is 0. The summed E-state index contributed by atoms with van der Waals surface area (Å²) in [5.41, 5.74) is 21.3. The van der Waals surface area contributed by atoms with Gasteiger partial charge in [0, 0.05) is 65.6 Å². The predicted molar refractivity (Wildman–Crippen MR) is 279 cm³/mol. The van der Waals surface area contributed by atoms with Crippen LogP contribution < -0.4 is 15.6 Å². The molecule has 5 heteroatoms. The summed E-state index contributed by atoms with van der Waals surface area (Å²) in [4.78, 5) is 0. The third-order valence-corrected chi connectivity index (χ3v) is 15.9. The molecule has 0 atom stereocenters. The van der Waals surface area contributed by atoms with E-state index in [1.807, 2.05) is 11.3 Å². The first-order valence-electron chi connectivity index (χ1n) is 23.0. The topological polar surface area (TPSA) is 30.1 Å². The standard InChI is InChI=1S/C59H55BN2OS/c1-56(2,3)32-16-20-35(21-17-32)61-47-30-40-36-22-18-34(58(7,8)9)27-45(36)59(10,11)46(40)29-41(47)38-23-24-39-42-28-43-37-14-12-13-15-49(37)63-50(43)31-48(42)62-53(39)52(38)60-55-54(62)44-26-33(57(4,5)6)19-25-51(44)64-55/h12-31,60-61H,1-11H3. The molecule has 0 unspecified atom stereocenters. The van der Waals surface area contributed by atoms with Crippen molar-refractivity contribution in [1.29, 1.82) is 0 Å². The molecule has 0 bridgehead atoms. The van der Waals surface area contributed by atoms with Gasteiger partial charge in [-0.15, -0.1) is 11.3 Å². The highest BCUT2D eigenvalue weighted by molar-refractivity contribution is 7.29. The molecule has 1 N–H and O–H groups in total. The summed E-state index contributed by atoms with van der Waals surface area (Å²) in [6, 6.07) is 46.5. The van der Waals surface area contributed by atoms with Gasteiger partial charge < -0.3 is 14.3 Å². The zero-order valence-corrected chi connectivity index (χ0v) is 39.8. The van der Waals surface area contributed by atoms with Crippen molar-refractivity contribution in [2.75, 3.05) is 5.32 Å². The predicted octanol–water partition coefficient (Wildman–Crippen LogP) is 15.2. The molecule has 4 heterocycles. The summed E-state index contributed by atoms with van der Waals surface area (Å²) < 4.78 is 12.0. The van der Waals surface area contributed by atoms with E-state index < -0.39 is 0 Å². The van der Waals surface area contributed by atoms with Crippen LogP contribution >= 0.6 is 11.3 Å². The minimum absolute atomic E-state index is 0.0308. The number of para-hydroxylation sites is 1. The van der Waals surface area contributed by atoms with Gasteiger partial charge in [0.2, 0.25) is 7.28 Å². The maximum absolute atomic E-state index is 6.61. The van der Waals surface area contributed by atoms with Crippen molar-refractivity contribution in [2.24, 2.45) is 0 Å². The molecule has 0 saturated carbocycles. The van der Waals surface area contributed by atoms with Crippen molar-refractivity contribution in [1.82, 2.24) is 4.57 Å². The SMILES string of the molecule is CC(C)(C)c1ccc(Nc2cc3c(cc2-c2ccc4c5cc6c(cc5n5c4c2Bc2sc4ccc(C(C)(C)C)cc4c2-5)oc2ccccc26)C(C)(C)c2cc(C(C)(C)C)ccc2-3)cc1. The fourth-order valence-corrected chi connectivity index (χ4v) is 12.1. The van der Waals surface area contributed by atoms with Crippen molar-refractivity contribution < 1.29 is 4.42 Å². The van der Waals surface area contributed by atoms with E-state index in [0.29, 0.717) is 0 Å². The van der Waals surface area contributed by atoms with Gasteiger partial charge >= 0.3 is 0 Å². The Hall–Kier alpha value is -6.04. The fourth-order valence-electron chi connectivity index (χ4n) is 11.0.